The number of anilines is 2. The summed E-state index contributed by atoms with van der Waals surface area (Å²) in [5, 5.41) is 9.34. The van der Waals surface area contributed by atoms with Crippen LogP contribution in [0.3, 0.4) is 0 Å². The van der Waals surface area contributed by atoms with E-state index < -0.39 is 19.1 Å². The Morgan fingerprint density at radius 2 is 2.04 bits per heavy atom. The molecule has 8 heteroatoms. The van der Waals surface area contributed by atoms with Crippen molar-refractivity contribution in [3.05, 3.63) is 12.4 Å². The van der Waals surface area contributed by atoms with E-state index in [0.29, 0.717) is 12.4 Å². The van der Waals surface area contributed by atoms with Crippen molar-refractivity contribution in [3.8, 4) is 0 Å². The van der Waals surface area contributed by atoms with Crippen molar-refractivity contribution in [3.63, 3.8) is 0 Å². The lowest BCUT2D eigenvalue weighted by atomic mass is 9.99. The van der Waals surface area contributed by atoms with Crippen LogP contribution in [0.25, 0.3) is 0 Å². The number of aliphatic hydroxyl groups excluding tert-OH is 1. The molecule has 6 nitrogen and oxygen atoms in total. The van der Waals surface area contributed by atoms with Gasteiger partial charge >= 0.3 is 0 Å². The van der Waals surface area contributed by atoms with Gasteiger partial charge in [0.05, 0.1) is 13.2 Å². The first-order valence-corrected chi connectivity index (χ1v) is 7.96. The highest BCUT2D eigenvalue weighted by molar-refractivity contribution is 5.50. The van der Waals surface area contributed by atoms with Crippen molar-refractivity contribution in [2.45, 2.75) is 18.8 Å². The first-order valence-electron chi connectivity index (χ1n) is 7.96. The fourth-order valence-electron chi connectivity index (χ4n) is 3.10. The molecule has 0 aliphatic carbocycles. The van der Waals surface area contributed by atoms with Crippen molar-refractivity contribution in [2.24, 2.45) is 5.92 Å². The Hall–Kier alpha value is -1.54. The van der Waals surface area contributed by atoms with Gasteiger partial charge in [0.25, 0.3) is 5.92 Å². The van der Waals surface area contributed by atoms with Crippen molar-refractivity contribution in [1.29, 1.82) is 0 Å². The summed E-state index contributed by atoms with van der Waals surface area (Å²) < 4.78 is 32.4. The Bertz CT molecular complexity index is 532. The lowest BCUT2D eigenvalue weighted by Crippen LogP contribution is -2.39. The SMILES string of the molecule is OCC1CCCN(c2cc(N3CCOCC(F)(F)C3)ncn2)C1. The summed E-state index contributed by atoms with van der Waals surface area (Å²) in [7, 11) is 0. The Balaban J connectivity index is 1.76. The number of piperidine rings is 1. The number of hydrogen-bond donors (Lipinski definition) is 1. The molecule has 0 spiro atoms. The third-order valence-corrected chi connectivity index (χ3v) is 4.30. The van der Waals surface area contributed by atoms with Crippen molar-refractivity contribution < 1.29 is 18.6 Å². The van der Waals surface area contributed by atoms with Crippen molar-refractivity contribution in [2.75, 3.05) is 55.8 Å². The van der Waals surface area contributed by atoms with Crippen LogP contribution in [0.15, 0.2) is 12.4 Å². The monoisotopic (exact) mass is 328 g/mol. The average Bonchev–Trinajstić information content (AvgIpc) is 2.76. The molecular weight excluding hydrogens is 306 g/mol. The van der Waals surface area contributed by atoms with Gasteiger partial charge in [-0.05, 0) is 18.8 Å². The topological polar surface area (TPSA) is 61.7 Å². The smallest absolute Gasteiger partial charge is 0.288 e. The molecule has 1 unspecified atom stereocenters. The van der Waals surface area contributed by atoms with E-state index in [-0.39, 0.29) is 19.1 Å². The third kappa shape index (κ3) is 4.06. The summed E-state index contributed by atoms with van der Waals surface area (Å²) in [6, 6.07) is 1.75. The summed E-state index contributed by atoms with van der Waals surface area (Å²) >= 11 is 0. The van der Waals surface area contributed by atoms with E-state index >= 15 is 0 Å². The molecule has 128 valence electrons. The maximum absolute atomic E-state index is 13.7. The predicted molar refractivity (Wildman–Crippen MR) is 82.0 cm³/mol. The first-order chi connectivity index (χ1) is 11.1. The molecular formula is C15H22F2N4O2. The number of nitrogens with zero attached hydrogens (tertiary/aromatic N) is 4. The van der Waals surface area contributed by atoms with Gasteiger partial charge in [-0.15, -0.1) is 0 Å². The zero-order chi connectivity index (χ0) is 16.3. The Labute approximate surface area is 134 Å². The van der Waals surface area contributed by atoms with Gasteiger partial charge < -0.3 is 19.6 Å². The maximum Gasteiger partial charge on any atom is 0.288 e. The van der Waals surface area contributed by atoms with Crippen molar-refractivity contribution in [1.82, 2.24) is 9.97 Å². The fourth-order valence-corrected chi connectivity index (χ4v) is 3.10. The van der Waals surface area contributed by atoms with Gasteiger partial charge in [-0.3, -0.25) is 0 Å². The summed E-state index contributed by atoms with van der Waals surface area (Å²) in [6.07, 6.45) is 3.40. The van der Waals surface area contributed by atoms with Crippen LogP contribution in [0, 0.1) is 5.92 Å². The van der Waals surface area contributed by atoms with Crippen LogP contribution in [0.1, 0.15) is 12.8 Å². The molecule has 3 heterocycles. The normalized spacial score (nSPS) is 25.3. The van der Waals surface area contributed by atoms with E-state index in [2.05, 4.69) is 14.9 Å². The Morgan fingerprint density at radius 1 is 1.26 bits per heavy atom. The molecule has 3 rings (SSSR count). The lowest BCUT2D eigenvalue weighted by molar-refractivity contribution is -0.0564. The molecule has 2 fully saturated rings. The molecule has 2 aliphatic rings. The van der Waals surface area contributed by atoms with E-state index in [1.807, 2.05) is 0 Å². The molecule has 1 atom stereocenters. The molecule has 0 bridgehead atoms. The second kappa shape index (κ2) is 6.92. The standard InChI is InChI=1S/C15H22F2N4O2/c16-15(17)9-21(4-5-23-10-15)14-6-13(18-11-19-14)20-3-1-2-12(7-20)8-22/h6,11-12,22H,1-5,7-10H2. The van der Waals surface area contributed by atoms with E-state index in [1.54, 1.807) is 11.0 Å². The predicted octanol–water partition coefficient (Wildman–Crippen LogP) is 1.16. The molecule has 0 aromatic carbocycles. The zero-order valence-electron chi connectivity index (χ0n) is 13.0. The van der Waals surface area contributed by atoms with Crippen LogP contribution < -0.4 is 9.80 Å². The molecule has 2 saturated heterocycles. The summed E-state index contributed by atoms with van der Waals surface area (Å²) in [5.41, 5.74) is 0. The number of hydrogen-bond acceptors (Lipinski definition) is 6. The molecule has 2 aliphatic heterocycles. The minimum Gasteiger partial charge on any atom is -0.396 e. The van der Waals surface area contributed by atoms with Crippen LogP contribution in [-0.2, 0) is 4.74 Å². The molecule has 1 aromatic heterocycles. The average molecular weight is 328 g/mol. The van der Waals surface area contributed by atoms with Crippen molar-refractivity contribution >= 4 is 11.6 Å². The molecule has 1 N–H and O–H groups in total. The number of aromatic nitrogens is 2. The van der Waals surface area contributed by atoms with E-state index in [0.717, 1.165) is 31.7 Å². The van der Waals surface area contributed by atoms with Gasteiger partial charge in [0.2, 0.25) is 0 Å². The largest absolute Gasteiger partial charge is 0.396 e. The number of halogens is 2. The molecule has 23 heavy (non-hydrogen) atoms. The molecule has 0 amide bonds. The van der Waals surface area contributed by atoms with E-state index in [9.17, 15) is 13.9 Å². The minimum atomic E-state index is -2.88. The number of aliphatic hydroxyl groups is 1. The second-order valence-corrected chi connectivity index (χ2v) is 6.20. The summed E-state index contributed by atoms with van der Waals surface area (Å²) in [4.78, 5) is 12.1. The van der Waals surface area contributed by atoms with E-state index in [4.69, 9.17) is 4.74 Å². The molecule has 0 radical (unpaired) electrons. The fraction of sp³-hybridized carbons (Fsp3) is 0.733. The number of alkyl halides is 2. The van der Waals surface area contributed by atoms with Gasteiger partial charge in [-0.2, -0.15) is 0 Å². The lowest BCUT2D eigenvalue weighted by Gasteiger charge is -2.33. The number of rotatable bonds is 3. The van der Waals surface area contributed by atoms with Crippen LogP contribution in [0.2, 0.25) is 0 Å². The summed E-state index contributed by atoms with van der Waals surface area (Å²) in [5.74, 6) is -1.43. The third-order valence-electron chi connectivity index (χ3n) is 4.30. The highest BCUT2D eigenvalue weighted by Crippen LogP contribution is 2.26. The maximum atomic E-state index is 13.7. The van der Waals surface area contributed by atoms with Gasteiger partial charge in [0.15, 0.2) is 0 Å². The van der Waals surface area contributed by atoms with Crippen LogP contribution in [-0.4, -0.2) is 67.0 Å². The van der Waals surface area contributed by atoms with E-state index in [1.165, 1.54) is 6.33 Å². The highest BCUT2D eigenvalue weighted by atomic mass is 19.3. The molecule has 0 saturated carbocycles. The molecule has 1 aromatic rings. The van der Waals surface area contributed by atoms with Gasteiger partial charge in [-0.25, -0.2) is 18.7 Å². The number of ether oxygens (including phenoxy) is 1. The minimum absolute atomic E-state index is 0.157. The highest BCUT2D eigenvalue weighted by Gasteiger charge is 2.35. The van der Waals surface area contributed by atoms with Crippen LogP contribution in [0.4, 0.5) is 20.4 Å². The quantitative estimate of drug-likeness (QED) is 0.898. The van der Waals surface area contributed by atoms with Gasteiger partial charge in [0.1, 0.15) is 24.6 Å². The van der Waals surface area contributed by atoms with Gasteiger partial charge in [0, 0.05) is 32.3 Å². The Morgan fingerprint density at radius 3 is 2.83 bits per heavy atom. The zero-order valence-corrected chi connectivity index (χ0v) is 13.0. The van der Waals surface area contributed by atoms with Crippen LogP contribution in [0.5, 0.6) is 0 Å². The van der Waals surface area contributed by atoms with Crippen LogP contribution >= 0.6 is 0 Å². The van der Waals surface area contributed by atoms with Gasteiger partial charge in [-0.1, -0.05) is 0 Å². The Kier molecular flexibility index (Phi) is 4.91. The second-order valence-electron chi connectivity index (χ2n) is 6.20. The summed E-state index contributed by atoms with van der Waals surface area (Å²) in [6.45, 7) is 1.42. The first kappa shape index (κ1) is 16.3.